The van der Waals surface area contributed by atoms with E-state index in [0.29, 0.717) is 0 Å². The third-order valence-corrected chi connectivity index (χ3v) is 9.04. The molecule has 5 heteroatoms. The second-order valence-corrected chi connectivity index (χ2v) is 13.2. The second-order valence-electron chi connectivity index (χ2n) is 13.2. The van der Waals surface area contributed by atoms with Crippen molar-refractivity contribution in [1.29, 1.82) is 0 Å². The molecule has 0 radical (unpaired) electrons. The van der Waals surface area contributed by atoms with Gasteiger partial charge in [0.1, 0.15) is 22.8 Å². The van der Waals surface area contributed by atoms with Crippen molar-refractivity contribution in [2.75, 3.05) is 13.7 Å². The Kier molecular flexibility index (Phi) is 5.14. The van der Waals surface area contributed by atoms with Gasteiger partial charge >= 0.3 is 0 Å². The lowest BCUT2D eigenvalue weighted by molar-refractivity contribution is 0.157. The van der Waals surface area contributed by atoms with Crippen molar-refractivity contribution in [3.05, 3.63) is 121 Å². The van der Waals surface area contributed by atoms with Crippen molar-refractivity contribution in [3.8, 4) is 17.2 Å². The molecule has 2 aromatic heterocycles. The predicted molar refractivity (Wildman–Crippen MR) is 173 cm³/mol. The van der Waals surface area contributed by atoms with Crippen molar-refractivity contribution in [2.45, 2.75) is 33.1 Å². The molecule has 5 heterocycles. The Morgan fingerprint density at radius 1 is 0.810 bits per heavy atom. The molecule has 9 rings (SSSR count). The molecule has 2 bridgehead atoms. The lowest BCUT2D eigenvalue weighted by atomic mass is 9.86. The zero-order chi connectivity index (χ0) is 28.9. The molecule has 0 N–H and O–H groups in total. The van der Waals surface area contributed by atoms with Gasteiger partial charge in [0.05, 0.1) is 24.9 Å². The predicted octanol–water partition coefficient (Wildman–Crippen LogP) is 9.26. The largest absolute Gasteiger partial charge is 0.457 e. The summed E-state index contributed by atoms with van der Waals surface area (Å²) in [5.41, 5.74) is 9.65. The maximum atomic E-state index is 6.71. The van der Waals surface area contributed by atoms with E-state index in [-0.39, 0.29) is 5.41 Å². The third-order valence-electron chi connectivity index (χ3n) is 9.04. The van der Waals surface area contributed by atoms with Crippen molar-refractivity contribution in [2.24, 2.45) is 0 Å². The minimum Gasteiger partial charge on any atom is -0.457 e. The van der Waals surface area contributed by atoms with E-state index in [1.807, 2.05) is 18.3 Å². The van der Waals surface area contributed by atoms with Crippen LogP contribution in [0.1, 0.15) is 31.9 Å². The molecule has 0 aliphatic carbocycles. The van der Waals surface area contributed by atoms with Gasteiger partial charge in [0.2, 0.25) is 0 Å². The highest BCUT2D eigenvalue weighted by Gasteiger charge is 2.59. The number of benzene rings is 4. The maximum absolute atomic E-state index is 6.71. The lowest BCUT2D eigenvalue weighted by Gasteiger charge is -2.55. The monoisotopic (exact) mass is 551 g/mol. The average molecular weight is 552 g/mol. The number of ether oxygens (including phenoxy) is 1. The molecule has 0 spiro atoms. The normalized spacial score (nSPS) is 21.0. The van der Waals surface area contributed by atoms with Crippen molar-refractivity contribution in [3.63, 3.8) is 0 Å². The Labute approximate surface area is 247 Å². The third kappa shape index (κ3) is 3.60. The molecule has 2 atom stereocenters. The number of aryl methyl sites for hydroxylation is 1. The molecule has 208 valence electrons. The topological polar surface area (TPSA) is 27.1 Å². The van der Waals surface area contributed by atoms with Crippen LogP contribution in [0.4, 0.5) is 17.1 Å². The van der Waals surface area contributed by atoms with Crippen molar-refractivity contribution >= 4 is 39.0 Å². The number of para-hydroxylation sites is 1. The summed E-state index contributed by atoms with van der Waals surface area (Å²) in [6.45, 7) is 12.4. The standard InChI is InChI=1S/C37H35N4O/c1-25-15-16-34-35(18-25)40(5)23-41(34,24-40)28-19-26(37(2,3)4)20-30(22-28)42-29-11-8-10-27(21-29)39-33-14-7-6-12-31(33)32-13-9-17-38-36(32)39/h6-23H,24H2,1-5H3/q+1/t40-,41+/m0/s1. The van der Waals surface area contributed by atoms with Gasteiger partial charge in [-0.1, -0.05) is 51.1 Å². The van der Waals surface area contributed by atoms with Crippen molar-refractivity contribution < 1.29 is 4.74 Å². The molecule has 1 saturated heterocycles. The number of nitrogens with zero attached hydrogens (tertiary/aromatic N) is 4. The minimum atomic E-state index is -0.0260. The van der Waals surface area contributed by atoms with E-state index in [1.54, 1.807) is 0 Å². The van der Waals surface area contributed by atoms with E-state index in [4.69, 9.17) is 9.72 Å². The second kappa shape index (κ2) is 8.54. The summed E-state index contributed by atoms with van der Waals surface area (Å²) in [7, 11) is 2.31. The van der Waals surface area contributed by atoms with Gasteiger partial charge in [0.15, 0.2) is 18.0 Å². The van der Waals surface area contributed by atoms with Gasteiger partial charge in [0, 0.05) is 47.3 Å². The Hall–Kier alpha value is -4.45. The average Bonchev–Trinajstić information content (AvgIpc) is 3.51. The Bertz CT molecular complexity index is 1990. The maximum Gasteiger partial charge on any atom is 0.181 e. The van der Waals surface area contributed by atoms with Crippen LogP contribution in [0.5, 0.6) is 11.5 Å². The molecule has 1 fully saturated rings. The SMILES string of the molecule is Cc1ccc2c(c1)[N@@+]1(C)[CH-][N@+]2(c2cc(Oc3cccc(-n4c5ccccc5c5cccnc54)c3)cc(C(C)(C)C)c2)C1. The molecule has 0 saturated carbocycles. The number of hydrogen-bond acceptors (Lipinski definition) is 2. The van der Waals surface area contributed by atoms with E-state index in [2.05, 4.69) is 131 Å². The molecule has 42 heavy (non-hydrogen) atoms. The van der Waals surface area contributed by atoms with Crippen LogP contribution in [0, 0.1) is 13.6 Å². The van der Waals surface area contributed by atoms with Crippen LogP contribution in [0.15, 0.2) is 103 Å². The van der Waals surface area contributed by atoms with E-state index >= 15 is 0 Å². The van der Waals surface area contributed by atoms with E-state index in [1.165, 1.54) is 33.6 Å². The number of aromatic nitrogens is 2. The van der Waals surface area contributed by atoms with Crippen LogP contribution in [-0.2, 0) is 5.41 Å². The molecule has 0 unspecified atom stereocenters. The Balaban J connectivity index is 1.23. The molecule has 6 aromatic rings. The van der Waals surface area contributed by atoms with Gasteiger partial charge in [-0.2, -0.15) is 0 Å². The first-order valence-corrected chi connectivity index (χ1v) is 14.7. The van der Waals surface area contributed by atoms with Crippen LogP contribution in [0.25, 0.3) is 27.6 Å². The Morgan fingerprint density at radius 3 is 2.45 bits per heavy atom. The summed E-state index contributed by atoms with van der Waals surface area (Å²) in [6.07, 6.45) is 1.86. The number of fused-ring (bicyclic) bond motifs is 3. The summed E-state index contributed by atoms with van der Waals surface area (Å²) in [5.74, 6) is 1.66. The molecular formula is C37H35N4O+. The lowest BCUT2D eigenvalue weighted by Crippen LogP contribution is -2.68. The molecule has 0 amide bonds. The fourth-order valence-corrected chi connectivity index (χ4v) is 7.00. The fraction of sp³-hybridized carbons (Fsp3) is 0.189. The Morgan fingerprint density at radius 2 is 1.62 bits per heavy atom. The first kappa shape index (κ1) is 25.3. The van der Waals surface area contributed by atoms with E-state index in [9.17, 15) is 0 Å². The molecule has 4 aromatic carbocycles. The number of rotatable bonds is 4. The van der Waals surface area contributed by atoms with Gasteiger partial charge in [-0.05, 0) is 59.9 Å². The fourth-order valence-electron chi connectivity index (χ4n) is 7.00. The van der Waals surface area contributed by atoms with Crippen LogP contribution in [0.2, 0.25) is 0 Å². The molecular weight excluding hydrogens is 516 g/mol. The molecule has 5 nitrogen and oxygen atoms in total. The van der Waals surface area contributed by atoms with E-state index in [0.717, 1.165) is 49.4 Å². The summed E-state index contributed by atoms with van der Waals surface area (Å²) in [4.78, 5) is 4.76. The number of hydrogen-bond donors (Lipinski definition) is 0. The minimum absolute atomic E-state index is 0.0260. The molecule has 3 aliphatic rings. The van der Waals surface area contributed by atoms with Crippen LogP contribution in [0.3, 0.4) is 0 Å². The first-order chi connectivity index (χ1) is 20.1. The van der Waals surface area contributed by atoms with Crippen LogP contribution >= 0.6 is 0 Å². The zero-order valence-corrected chi connectivity index (χ0v) is 24.8. The highest BCUT2D eigenvalue weighted by molar-refractivity contribution is 6.07. The van der Waals surface area contributed by atoms with Gasteiger partial charge in [-0.25, -0.2) is 4.98 Å². The van der Waals surface area contributed by atoms with Gasteiger partial charge in [-0.3, -0.25) is 9.05 Å². The van der Waals surface area contributed by atoms with Crippen molar-refractivity contribution in [1.82, 2.24) is 18.5 Å². The summed E-state index contributed by atoms with van der Waals surface area (Å²) in [6, 6.07) is 34.7. The van der Waals surface area contributed by atoms with Crippen LogP contribution in [-0.4, -0.2) is 23.3 Å². The highest BCUT2D eigenvalue weighted by atomic mass is 16.5. The van der Waals surface area contributed by atoms with Gasteiger partial charge < -0.3 is 9.22 Å². The smallest absolute Gasteiger partial charge is 0.181 e. The summed E-state index contributed by atoms with van der Waals surface area (Å²) in [5, 5.41) is 2.34. The van der Waals surface area contributed by atoms with Crippen LogP contribution < -0.4 is 13.7 Å². The summed E-state index contributed by atoms with van der Waals surface area (Å²) >= 11 is 0. The van der Waals surface area contributed by atoms with Gasteiger partial charge in [-0.15, -0.1) is 0 Å². The number of quaternary nitrogens is 2. The summed E-state index contributed by atoms with van der Waals surface area (Å²) < 4.78 is 10.5. The number of pyridine rings is 1. The quantitative estimate of drug-likeness (QED) is 0.161. The molecule has 3 aliphatic heterocycles. The van der Waals surface area contributed by atoms with Gasteiger partial charge in [0.25, 0.3) is 0 Å². The first-order valence-electron chi connectivity index (χ1n) is 14.7. The zero-order valence-electron chi connectivity index (χ0n) is 24.8. The highest BCUT2D eigenvalue weighted by Crippen LogP contribution is 2.61. The van der Waals surface area contributed by atoms with E-state index < -0.39 is 0 Å².